The van der Waals surface area contributed by atoms with Crippen molar-refractivity contribution in [3.63, 3.8) is 0 Å². The smallest absolute Gasteiger partial charge is 0.249 e. The number of amides is 1. The van der Waals surface area contributed by atoms with Crippen molar-refractivity contribution in [2.75, 3.05) is 6.54 Å². The zero-order valence-corrected chi connectivity index (χ0v) is 22.3. The Morgan fingerprint density at radius 2 is 2.00 bits per heavy atom. The maximum Gasteiger partial charge on any atom is 0.249 e. The summed E-state index contributed by atoms with van der Waals surface area (Å²) in [6.07, 6.45) is 3.67. The van der Waals surface area contributed by atoms with Gasteiger partial charge in [-0.1, -0.05) is 41.9 Å². The Balaban J connectivity index is 1.47. The lowest BCUT2D eigenvalue weighted by molar-refractivity contribution is 0.0539. The number of benzene rings is 3. The van der Waals surface area contributed by atoms with E-state index in [2.05, 4.69) is 10.4 Å². The van der Waals surface area contributed by atoms with Crippen molar-refractivity contribution in [2.24, 2.45) is 12.8 Å². The first-order chi connectivity index (χ1) is 19.3. The number of aromatic nitrogens is 2. The monoisotopic (exact) mass is 562 g/mol. The molecule has 0 radical (unpaired) electrons. The molecule has 204 valence electrons. The van der Waals surface area contributed by atoms with Crippen LogP contribution < -0.4 is 20.5 Å². The Kier molecular flexibility index (Phi) is 5.66. The molecule has 3 aliphatic rings. The first kappa shape index (κ1) is 25.0. The van der Waals surface area contributed by atoms with E-state index in [0.717, 1.165) is 30.6 Å². The van der Waals surface area contributed by atoms with Gasteiger partial charge in [-0.3, -0.25) is 9.48 Å². The number of fused-ring (bicyclic) bond motifs is 4. The van der Waals surface area contributed by atoms with Crippen LogP contribution in [0.3, 0.4) is 0 Å². The number of carbonyl (C=O) groups excluding carboxylic acids is 1. The molecule has 2 atom stereocenters. The fourth-order valence-electron chi connectivity index (χ4n) is 6.43. The van der Waals surface area contributed by atoms with Crippen molar-refractivity contribution in [1.29, 1.82) is 0 Å². The van der Waals surface area contributed by atoms with Crippen molar-refractivity contribution >= 4 is 17.5 Å². The average molecular weight is 563 g/mol. The highest BCUT2D eigenvalue weighted by atomic mass is 35.5. The van der Waals surface area contributed by atoms with Crippen LogP contribution in [0.2, 0.25) is 5.02 Å². The van der Waals surface area contributed by atoms with Gasteiger partial charge in [0.25, 0.3) is 0 Å². The number of hydrogen-bond acceptors (Lipinski definition) is 5. The van der Waals surface area contributed by atoms with Crippen LogP contribution in [-0.2, 0) is 25.7 Å². The number of aryl methyl sites for hydroxylation is 1. The van der Waals surface area contributed by atoms with Gasteiger partial charge < -0.3 is 20.5 Å². The number of nitrogens with two attached hydrogens (primary N) is 1. The highest BCUT2D eigenvalue weighted by molar-refractivity contribution is 6.34. The first-order valence-corrected chi connectivity index (χ1v) is 13.5. The molecule has 7 nitrogen and oxygen atoms in total. The van der Waals surface area contributed by atoms with Crippen LogP contribution in [0.25, 0.3) is 22.3 Å². The van der Waals surface area contributed by atoms with Gasteiger partial charge >= 0.3 is 0 Å². The molecule has 3 aliphatic heterocycles. The summed E-state index contributed by atoms with van der Waals surface area (Å²) >= 11 is 6.61. The van der Waals surface area contributed by atoms with Crippen LogP contribution >= 0.6 is 11.6 Å². The third kappa shape index (κ3) is 3.50. The predicted molar refractivity (Wildman–Crippen MR) is 145 cm³/mol. The molecule has 1 aromatic heterocycles. The number of rotatable bonds is 4. The second kappa shape index (κ2) is 9.04. The minimum absolute atomic E-state index is 0.0437. The van der Waals surface area contributed by atoms with Gasteiger partial charge in [-0.05, 0) is 31.0 Å². The lowest BCUT2D eigenvalue weighted by atomic mass is 9.80. The molecule has 40 heavy (non-hydrogen) atoms. The molecule has 3 N–H and O–H groups in total. The minimum Gasteiger partial charge on any atom is -0.484 e. The summed E-state index contributed by atoms with van der Waals surface area (Å²) in [7, 11) is 1.75. The summed E-state index contributed by atoms with van der Waals surface area (Å²) in [4.78, 5) is 12.8. The van der Waals surface area contributed by atoms with Crippen molar-refractivity contribution in [3.8, 4) is 33.8 Å². The molecule has 0 aliphatic carbocycles. The molecule has 1 fully saturated rings. The fourth-order valence-corrected chi connectivity index (χ4v) is 6.70. The zero-order chi connectivity index (χ0) is 27.8. The number of ether oxygens (including phenoxy) is 2. The maximum atomic E-state index is 16.6. The fraction of sp³-hybridized carbons (Fsp3) is 0.267. The van der Waals surface area contributed by atoms with Gasteiger partial charge in [0.1, 0.15) is 18.2 Å². The molecule has 3 aromatic carbocycles. The van der Waals surface area contributed by atoms with Gasteiger partial charge in [0.15, 0.2) is 17.2 Å². The van der Waals surface area contributed by atoms with Crippen molar-refractivity contribution in [1.82, 2.24) is 15.1 Å². The van der Waals surface area contributed by atoms with Gasteiger partial charge in [-0.25, -0.2) is 8.78 Å². The van der Waals surface area contributed by atoms with E-state index in [9.17, 15) is 4.79 Å². The van der Waals surface area contributed by atoms with Crippen LogP contribution in [0.5, 0.6) is 11.5 Å². The summed E-state index contributed by atoms with van der Waals surface area (Å²) in [5, 5.41) is 7.45. The third-order valence-corrected chi connectivity index (χ3v) is 8.71. The number of nitrogens with one attached hydrogen (secondary N) is 1. The Labute approximate surface area is 233 Å². The minimum atomic E-state index is -0.884. The van der Waals surface area contributed by atoms with E-state index in [1.165, 1.54) is 12.1 Å². The molecule has 4 aromatic rings. The summed E-state index contributed by atoms with van der Waals surface area (Å²) < 4.78 is 46.1. The van der Waals surface area contributed by atoms with Crippen molar-refractivity contribution in [2.45, 2.75) is 37.5 Å². The number of carbonyl (C=O) groups is 1. The number of nitrogens with zero attached hydrogens (tertiary/aromatic N) is 2. The van der Waals surface area contributed by atoms with Gasteiger partial charge in [-0.15, -0.1) is 0 Å². The maximum absolute atomic E-state index is 16.6. The van der Waals surface area contributed by atoms with Crippen LogP contribution in [0.4, 0.5) is 8.78 Å². The van der Waals surface area contributed by atoms with Crippen molar-refractivity contribution < 1.29 is 23.0 Å². The molecule has 0 bridgehead atoms. The number of primary amides is 1. The van der Waals surface area contributed by atoms with E-state index < -0.39 is 23.1 Å². The SMILES string of the molecule is Cn1ncc2c1COc1c-2cc(C(N)=O)c(-c2c(Cl)c(F)cc3c2C[C@](c2ccccc2)([C@@H]2CCCN2)O3)c1F. The summed E-state index contributed by atoms with van der Waals surface area (Å²) in [6.45, 7) is 0.896. The van der Waals surface area contributed by atoms with E-state index in [1.54, 1.807) is 17.9 Å². The molecule has 7 rings (SSSR count). The zero-order valence-electron chi connectivity index (χ0n) is 21.6. The Morgan fingerprint density at radius 1 is 1.20 bits per heavy atom. The molecule has 0 unspecified atom stereocenters. The molecular weight excluding hydrogens is 538 g/mol. The summed E-state index contributed by atoms with van der Waals surface area (Å²) in [5.74, 6) is -2.33. The van der Waals surface area contributed by atoms with E-state index in [4.69, 9.17) is 26.8 Å². The van der Waals surface area contributed by atoms with Gasteiger partial charge in [0.2, 0.25) is 5.91 Å². The van der Waals surface area contributed by atoms with Crippen LogP contribution in [0, 0.1) is 11.6 Å². The molecular formula is C30H25ClF2N4O3. The molecule has 1 amide bonds. The van der Waals surface area contributed by atoms with E-state index in [0.29, 0.717) is 16.7 Å². The van der Waals surface area contributed by atoms with E-state index in [-0.39, 0.29) is 52.3 Å². The largest absolute Gasteiger partial charge is 0.484 e. The van der Waals surface area contributed by atoms with Crippen LogP contribution in [0.15, 0.2) is 48.7 Å². The Bertz CT molecular complexity index is 1700. The normalized spacial score (nSPS) is 20.9. The lowest BCUT2D eigenvalue weighted by Crippen LogP contribution is -2.48. The standard InChI is InChI=1S/C30H25ClF2N4O3/c1-37-21-14-39-28-16(19(21)13-36-37)10-17(29(34)38)25(27(28)33)24-18-12-30(23-8-5-9-35-23,15-6-3-2-4-7-15)40-22(18)11-20(32)26(24)31/h2-4,6-7,10-11,13,23,35H,5,8-9,12,14H2,1H3,(H2,34,38)/t23-,30-/m0/s1. The van der Waals surface area contributed by atoms with Gasteiger partial charge in [-0.2, -0.15) is 5.10 Å². The van der Waals surface area contributed by atoms with Crippen LogP contribution in [-0.4, -0.2) is 28.3 Å². The Morgan fingerprint density at radius 3 is 2.73 bits per heavy atom. The third-order valence-electron chi connectivity index (χ3n) is 8.35. The first-order valence-electron chi connectivity index (χ1n) is 13.1. The highest BCUT2D eigenvalue weighted by Gasteiger charge is 2.50. The van der Waals surface area contributed by atoms with E-state index in [1.807, 2.05) is 30.3 Å². The molecule has 0 saturated carbocycles. The second-order valence-corrected chi connectivity index (χ2v) is 10.9. The predicted octanol–water partition coefficient (Wildman–Crippen LogP) is 5.26. The second-order valence-electron chi connectivity index (χ2n) is 10.5. The molecule has 0 spiro atoms. The molecule has 1 saturated heterocycles. The lowest BCUT2D eigenvalue weighted by Gasteiger charge is -2.35. The molecule has 10 heteroatoms. The van der Waals surface area contributed by atoms with E-state index >= 15 is 8.78 Å². The quantitative estimate of drug-likeness (QED) is 0.354. The molecule has 4 heterocycles. The Hall–Kier alpha value is -3.95. The summed E-state index contributed by atoms with van der Waals surface area (Å²) in [5.41, 5.74) is 7.74. The number of halogens is 3. The topological polar surface area (TPSA) is 91.4 Å². The van der Waals surface area contributed by atoms with Crippen LogP contribution in [0.1, 0.15) is 40.0 Å². The van der Waals surface area contributed by atoms with Crippen molar-refractivity contribution in [3.05, 3.63) is 87.7 Å². The van der Waals surface area contributed by atoms with Gasteiger partial charge in [0.05, 0.1) is 28.5 Å². The van der Waals surface area contributed by atoms with Gasteiger partial charge in [0, 0.05) is 47.4 Å². The highest BCUT2D eigenvalue weighted by Crippen LogP contribution is 2.53. The number of hydrogen-bond donors (Lipinski definition) is 2. The average Bonchev–Trinajstić information content (AvgIpc) is 3.70. The summed E-state index contributed by atoms with van der Waals surface area (Å²) in [6, 6.07) is 12.3.